The van der Waals surface area contributed by atoms with Crippen LogP contribution < -0.4 is 16.0 Å². The van der Waals surface area contributed by atoms with Gasteiger partial charge in [-0.05, 0) is 44.0 Å². The van der Waals surface area contributed by atoms with Gasteiger partial charge in [0.15, 0.2) is 0 Å². The molecule has 1 unspecified atom stereocenters. The van der Waals surface area contributed by atoms with E-state index < -0.39 is 11.6 Å². The summed E-state index contributed by atoms with van der Waals surface area (Å²) in [4.78, 5) is 38.2. The number of fused-ring (bicyclic) bond motifs is 2. The zero-order valence-electron chi connectivity index (χ0n) is 14.1. The van der Waals surface area contributed by atoms with Gasteiger partial charge in [0.2, 0.25) is 5.91 Å². The number of carbonyl (C=O) groups excluding carboxylic acids is 3. The normalized spacial score (nSPS) is 21.1. The maximum absolute atomic E-state index is 12.9. The van der Waals surface area contributed by atoms with Crippen molar-refractivity contribution in [3.63, 3.8) is 0 Å². The third-order valence-corrected chi connectivity index (χ3v) is 4.65. The molecule has 25 heavy (non-hydrogen) atoms. The lowest BCUT2D eigenvalue weighted by atomic mass is 9.92. The molecule has 4 amide bonds. The summed E-state index contributed by atoms with van der Waals surface area (Å²) in [6, 6.07) is 7.14. The van der Waals surface area contributed by atoms with Crippen LogP contribution in [0.1, 0.15) is 24.0 Å². The number of urea groups is 1. The van der Waals surface area contributed by atoms with Crippen LogP contribution in [0.2, 0.25) is 0 Å². The maximum atomic E-state index is 12.9. The van der Waals surface area contributed by atoms with Crippen LogP contribution in [0, 0.1) is 0 Å². The first-order valence-electron chi connectivity index (χ1n) is 8.22. The average Bonchev–Trinajstić information content (AvgIpc) is 3.06. The Morgan fingerprint density at radius 2 is 2.04 bits per heavy atom. The van der Waals surface area contributed by atoms with Crippen molar-refractivity contribution in [3.8, 4) is 0 Å². The zero-order chi connectivity index (χ0) is 17.2. The molecule has 0 bridgehead atoms. The van der Waals surface area contributed by atoms with Gasteiger partial charge in [-0.3, -0.25) is 14.5 Å². The van der Waals surface area contributed by atoms with Crippen molar-refractivity contribution >= 4 is 30.3 Å². The van der Waals surface area contributed by atoms with Crippen molar-refractivity contribution in [1.82, 2.24) is 20.9 Å². The van der Waals surface area contributed by atoms with E-state index in [4.69, 9.17) is 0 Å². The van der Waals surface area contributed by atoms with Crippen LogP contribution in [0.25, 0.3) is 0 Å². The summed E-state index contributed by atoms with van der Waals surface area (Å²) in [7, 11) is 1.84. The van der Waals surface area contributed by atoms with E-state index >= 15 is 0 Å². The topological polar surface area (TPSA) is 90.5 Å². The second-order valence-electron chi connectivity index (χ2n) is 6.19. The fourth-order valence-electron chi connectivity index (χ4n) is 3.43. The lowest BCUT2D eigenvalue weighted by Gasteiger charge is -2.22. The fourth-order valence-corrected chi connectivity index (χ4v) is 3.43. The SMILES string of the molecule is CNCCCNC(=O)CN1C(=O)NC2(CCc3ccccc32)C1=O.Cl. The highest BCUT2D eigenvalue weighted by molar-refractivity contribution is 6.09. The quantitative estimate of drug-likeness (QED) is 0.506. The Morgan fingerprint density at radius 3 is 2.80 bits per heavy atom. The van der Waals surface area contributed by atoms with Crippen LogP contribution in [0.4, 0.5) is 4.79 Å². The second kappa shape index (κ2) is 7.84. The van der Waals surface area contributed by atoms with E-state index in [2.05, 4.69) is 16.0 Å². The average molecular weight is 367 g/mol. The standard InChI is InChI=1S/C17H22N4O3.ClH/c1-18-9-4-10-19-14(22)11-21-15(23)17(20-16(21)24)8-7-12-5-2-3-6-13(12)17;/h2-3,5-6,18H,4,7-11H2,1H3,(H,19,22)(H,20,24);1H. The van der Waals surface area contributed by atoms with E-state index in [-0.39, 0.29) is 30.8 Å². The van der Waals surface area contributed by atoms with Gasteiger partial charge in [0.1, 0.15) is 12.1 Å². The van der Waals surface area contributed by atoms with E-state index in [1.54, 1.807) is 0 Å². The van der Waals surface area contributed by atoms with Gasteiger partial charge in [0.05, 0.1) is 0 Å². The van der Waals surface area contributed by atoms with E-state index in [0.29, 0.717) is 13.0 Å². The summed E-state index contributed by atoms with van der Waals surface area (Å²) < 4.78 is 0. The van der Waals surface area contributed by atoms with E-state index in [1.807, 2.05) is 31.3 Å². The van der Waals surface area contributed by atoms with Crippen LogP contribution in [0.3, 0.4) is 0 Å². The number of rotatable bonds is 6. The van der Waals surface area contributed by atoms with Crippen molar-refractivity contribution in [3.05, 3.63) is 35.4 Å². The first-order valence-corrected chi connectivity index (χ1v) is 8.22. The molecule has 136 valence electrons. The molecule has 0 saturated carbocycles. The molecular formula is C17H23ClN4O3. The molecule has 1 spiro atoms. The number of hydrogen-bond donors (Lipinski definition) is 3. The summed E-state index contributed by atoms with van der Waals surface area (Å²) in [6.07, 6.45) is 2.07. The van der Waals surface area contributed by atoms with Gasteiger partial charge in [-0.15, -0.1) is 12.4 Å². The Labute approximate surface area is 152 Å². The Bertz CT molecular complexity index is 682. The summed E-state index contributed by atoms with van der Waals surface area (Å²) in [6.45, 7) is 1.06. The number of nitrogens with one attached hydrogen (secondary N) is 3. The third-order valence-electron chi connectivity index (χ3n) is 4.65. The van der Waals surface area contributed by atoms with Crippen molar-refractivity contribution in [1.29, 1.82) is 0 Å². The molecule has 1 fully saturated rings. The molecule has 3 N–H and O–H groups in total. The highest BCUT2D eigenvalue weighted by Gasteiger charge is 2.55. The van der Waals surface area contributed by atoms with Gasteiger partial charge in [0.25, 0.3) is 5.91 Å². The Kier molecular flexibility index (Phi) is 6.02. The molecule has 1 heterocycles. The predicted octanol–water partition coefficient (Wildman–Crippen LogP) is 0.527. The van der Waals surface area contributed by atoms with E-state index in [0.717, 1.165) is 35.4 Å². The predicted molar refractivity (Wildman–Crippen MR) is 95.5 cm³/mol. The number of imide groups is 1. The molecule has 3 rings (SSSR count). The molecule has 1 aliphatic carbocycles. The first-order chi connectivity index (χ1) is 11.6. The maximum Gasteiger partial charge on any atom is 0.325 e. The van der Waals surface area contributed by atoms with Crippen molar-refractivity contribution in [2.45, 2.75) is 24.8 Å². The highest BCUT2D eigenvalue weighted by Crippen LogP contribution is 2.41. The molecule has 1 aliphatic heterocycles. The van der Waals surface area contributed by atoms with Gasteiger partial charge in [0, 0.05) is 6.54 Å². The molecule has 2 aliphatic rings. The molecular weight excluding hydrogens is 344 g/mol. The minimum atomic E-state index is -1.000. The van der Waals surface area contributed by atoms with Crippen LogP contribution in [0.15, 0.2) is 24.3 Å². The zero-order valence-corrected chi connectivity index (χ0v) is 14.9. The van der Waals surface area contributed by atoms with Gasteiger partial charge in [-0.1, -0.05) is 24.3 Å². The van der Waals surface area contributed by atoms with Crippen LogP contribution in [-0.2, 0) is 21.5 Å². The second-order valence-corrected chi connectivity index (χ2v) is 6.19. The fraction of sp³-hybridized carbons (Fsp3) is 0.471. The number of hydrogen-bond acceptors (Lipinski definition) is 4. The van der Waals surface area contributed by atoms with E-state index in [9.17, 15) is 14.4 Å². The van der Waals surface area contributed by atoms with Gasteiger partial charge < -0.3 is 16.0 Å². The van der Waals surface area contributed by atoms with Gasteiger partial charge >= 0.3 is 6.03 Å². The molecule has 1 atom stereocenters. The van der Waals surface area contributed by atoms with Gasteiger partial charge in [-0.25, -0.2) is 4.79 Å². The lowest BCUT2D eigenvalue weighted by Crippen LogP contribution is -2.44. The highest BCUT2D eigenvalue weighted by atomic mass is 35.5. The molecule has 0 aromatic heterocycles. The van der Waals surface area contributed by atoms with Crippen molar-refractivity contribution in [2.24, 2.45) is 0 Å². The first kappa shape index (κ1) is 19.2. The molecule has 8 heteroatoms. The third kappa shape index (κ3) is 3.48. The van der Waals surface area contributed by atoms with Gasteiger partial charge in [-0.2, -0.15) is 0 Å². The van der Waals surface area contributed by atoms with Crippen LogP contribution >= 0.6 is 12.4 Å². The summed E-state index contributed by atoms with van der Waals surface area (Å²) in [5.74, 6) is -0.652. The lowest BCUT2D eigenvalue weighted by molar-refractivity contribution is -0.135. The molecule has 1 saturated heterocycles. The number of carbonyl (C=O) groups is 3. The van der Waals surface area contributed by atoms with Crippen molar-refractivity contribution in [2.75, 3.05) is 26.7 Å². The minimum Gasteiger partial charge on any atom is -0.354 e. The van der Waals surface area contributed by atoms with E-state index in [1.165, 1.54) is 0 Å². The Balaban J connectivity index is 0.00000225. The van der Waals surface area contributed by atoms with Crippen LogP contribution in [-0.4, -0.2) is 49.4 Å². The number of amides is 4. The van der Waals surface area contributed by atoms with Crippen LogP contribution in [0.5, 0.6) is 0 Å². The summed E-state index contributed by atoms with van der Waals surface area (Å²) >= 11 is 0. The number of benzene rings is 1. The number of aryl methyl sites for hydroxylation is 1. The number of halogens is 1. The molecule has 1 aromatic rings. The molecule has 0 radical (unpaired) electrons. The molecule has 1 aromatic carbocycles. The molecule has 7 nitrogen and oxygen atoms in total. The summed E-state index contributed by atoms with van der Waals surface area (Å²) in [5.41, 5.74) is 0.921. The largest absolute Gasteiger partial charge is 0.354 e. The smallest absolute Gasteiger partial charge is 0.325 e. The summed E-state index contributed by atoms with van der Waals surface area (Å²) in [5, 5.41) is 8.54. The minimum absolute atomic E-state index is 0. The monoisotopic (exact) mass is 366 g/mol. The van der Waals surface area contributed by atoms with Crippen molar-refractivity contribution < 1.29 is 14.4 Å². The number of nitrogens with zero attached hydrogens (tertiary/aromatic N) is 1. The Hall–Kier alpha value is -2.12. The Morgan fingerprint density at radius 1 is 1.28 bits per heavy atom.